The minimum absolute atomic E-state index is 0.237. The van der Waals surface area contributed by atoms with E-state index in [2.05, 4.69) is 12.6 Å². The average Bonchev–Trinajstić information content (AvgIpc) is 2.83. The first-order valence-electron chi connectivity index (χ1n) is 6.26. The summed E-state index contributed by atoms with van der Waals surface area (Å²) in [6.07, 6.45) is 1.87. The maximum absolute atomic E-state index is 12.5. The number of sulfonamides is 1. The first kappa shape index (κ1) is 14.5. The van der Waals surface area contributed by atoms with Crippen LogP contribution in [0.1, 0.15) is 12.0 Å². The molecule has 1 aliphatic heterocycles. The second-order valence-electron chi connectivity index (χ2n) is 4.75. The van der Waals surface area contributed by atoms with Crippen molar-refractivity contribution in [1.29, 1.82) is 5.26 Å². The lowest BCUT2D eigenvalue weighted by atomic mass is 10.1. The highest BCUT2D eigenvalue weighted by atomic mass is 32.2. The van der Waals surface area contributed by atoms with E-state index in [1.54, 1.807) is 30.3 Å². The lowest BCUT2D eigenvalue weighted by molar-refractivity contribution is 0.481. The molecule has 0 unspecified atom stereocenters. The Hall–Kier alpha value is -1.90. The van der Waals surface area contributed by atoms with Gasteiger partial charge in [0.05, 0.1) is 17.4 Å². The molecule has 1 aromatic rings. The van der Waals surface area contributed by atoms with Crippen molar-refractivity contribution in [1.82, 2.24) is 4.31 Å². The first-order valence-corrected chi connectivity index (χ1v) is 7.70. The summed E-state index contributed by atoms with van der Waals surface area (Å²) in [5.74, 6) is 0. The third-order valence-electron chi connectivity index (χ3n) is 3.37. The minimum Gasteiger partial charge on any atom is -0.207 e. The molecule has 0 bridgehead atoms. The van der Waals surface area contributed by atoms with E-state index in [0.717, 1.165) is 16.7 Å². The number of hydrogen-bond donors (Lipinski definition) is 0. The summed E-state index contributed by atoms with van der Waals surface area (Å²) >= 11 is 0. The van der Waals surface area contributed by atoms with E-state index >= 15 is 0 Å². The van der Waals surface area contributed by atoms with Gasteiger partial charge in [0.2, 0.25) is 10.0 Å². The molecule has 0 atom stereocenters. The van der Waals surface area contributed by atoms with Crippen LogP contribution in [0.5, 0.6) is 0 Å². The summed E-state index contributed by atoms with van der Waals surface area (Å²) < 4.78 is 26.5. The molecule has 0 N–H and O–H groups in total. The molecule has 1 aliphatic rings. The van der Waals surface area contributed by atoms with Crippen LogP contribution in [0.4, 0.5) is 0 Å². The fourth-order valence-electron chi connectivity index (χ4n) is 2.18. The van der Waals surface area contributed by atoms with E-state index in [4.69, 9.17) is 5.26 Å². The molecule has 0 spiro atoms. The summed E-state index contributed by atoms with van der Waals surface area (Å²) in [7, 11) is -3.52. The fraction of sp³-hybridized carbons (Fsp3) is 0.267. The molecule has 4 nitrogen and oxygen atoms in total. The Morgan fingerprint density at radius 3 is 2.55 bits per heavy atom. The number of nitriles is 1. The van der Waals surface area contributed by atoms with Gasteiger partial charge in [-0.25, -0.2) is 8.42 Å². The molecule has 0 aromatic heterocycles. The lowest BCUT2D eigenvalue weighted by Crippen LogP contribution is -2.29. The number of hydrogen-bond acceptors (Lipinski definition) is 3. The maximum Gasteiger partial charge on any atom is 0.243 e. The second-order valence-corrected chi connectivity index (χ2v) is 6.69. The van der Waals surface area contributed by atoms with Crippen molar-refractivity contribution in [3.05, 3.63) is 53.6 Å². The van der Waals surface area contributed by atoms with Gasteiger partial charge in [0, 0.05) is 13.1 Å². The van der Waals surface area contributed by atoms with Gasteiger partial charge in [-0.05, 0) is 30.2 Å². The summed E-state index contributed by atoms with van der Waals surface area (Å²) in [5.41, 5.74) is 2.68. The maximum atomic E-state index is 12.5. The smallest absolute Gasteiger partial charge is 0.207 e. The minimum atomic E-state index is -3.52. The van der Waals surface area contributed by atoms with Crippen molar-refractivity contribution in [2.45, 2.75) is 18.2 Å². The monoisotopic (exact) mass is 288 g/mol. The van der Waals surface area contributed by atoms with Gasteiger partial charge in [-0.3, -0.25) is 0 Å². The predicted molar refractivity (Wildman–Crippen MR) is 77.4 cm³/mol. The Morgan fingerprint density at radius 2 is 2.00 bits per heavy atom. The second kappa shape index (κ2) is 5.61. The molecule has 1 aromatic carbocycles. The molecule has 0 aliphatic carbocycles. The molecule has 104 valence electrons. The number of benzene rings is 1. The van der Waals surface area contributed by atoms with Gasteiger partial charge in [-0.1, -0.05) is 30.4 Å². The van der Waals surface area contributed by atoms with Crippen LogP contribution in [0.3, 0.4) is 0 Å². The quantitative estimate of drug-likeness (QED) is 0.854. The van der Waals surface area contributed by atoms with Crippen molar-refractivity contribution < 1.29 is 8.42 Å². The molecule has 20 heavy (non-hydrogen) atoms. The summed E-state index contributed by atoms with van der Waals surface area (Å²) in [6.45, 7) is 6.16. The third kappa shape index (κ3) is 2.67. The van der Waals surface area contributed by atoms with Crippen LogP contribution in [0, 0.1) is 18.3 Å². The molecule has 0 fully saturated rings. The van der Waals surface area contributed by atoms with Gasteiger partial charge in [0.15, 0.2) is 0 Å². The van der Waals surface area contributed by atoms with Crippen LogP contribution in [0.2, 0.25) is 0 Å². The molecule has 1 heterocycles. The Kier molecular flexibility index (Phi) is 4.07. The zero-order valence-corrected chi connectivity index (χ0v) is 12.2. The molecule has 5 heteroatoms. The van der Waals surface area contributed by atoms with E-state index in [1.807, 2.05) is 6.92 Å². The Morgan fingerprint density at radius 1 is 1.35 bits per heavy atom. The van der Waals surface area contributed by atoms with Gasteiger partial charge >= 0.3 is 0 Å². The Bertz CT molecular complexity index is 694. The highest BCUT2D eigenvalue weighted by Crippen LogP contribution is 2.27. The van der Waals surface area contributed by atoms with E-state index in [-0.39, 0.29) is 24.4 Å². The van der Waals surface area contributed by atoms with E-state index < -0.39 is 10.0 Å². The molecule has 0 saturated carbocycles. The molecular weight excluding hydrogens is 272 g/mol. The van der Waals surface area contributed by atoms with Crippen LogP contribution < -0.4 is 0 Å². The van der Waals surface area contributed by atoms with Gasteiger partial charge < -0.3 is 0 Å². The highest BCUT2D eigenvalue weighted by molar-refractivity contribution is 7.89. The molecular formula is C15H16N2O2S. The van der Waals surface area contributed by atoms with Gasteiger partial charge in [-0.15, -0.1) is 0 Å². The van der Waals surface area contributed by atoms with Crippen molar-refractivity contribution in [3.8, 4) is 6.07 Å². The van der Waals surface area contributed by atoms with E-state index in [1.165, 1.54) is 4.31 Å². The van der Waals surface area contributed by atoms with E-state index in [9.17, 15) is 8.42 Å². The normalized spacial score (nSPS) is 16.2. The van der Waals surface area contributed by atoms with Crippen molar-refractivity contribution in [3.63, 3.8) is 0 Å². The van der Waals surface area contributed by atoms with Crippen LogP contribution in [0.15, 0.2) is 53.0 Å². The fourth-order valence-corrected chi connectivity index (χ4v) is 3.59. The molecule has 0 radical (unpaired) electrons. The molecule has 0 saturated heterocycles. The topological polar surface area (TPSA) is 61.2 Å². The molecule has 0 amide bonds. The van der Waals surface area contributed by atoms with Gasteiger partial charge in [-0.2, -0.15) is 9.57 Å². The SMILES string of the molecule is C=CC1=C(CC#N)CN(S(=O)(=O)c2ccc(C)cc2)C1. The summed E-state index contributed by atoms with van der Waals surface area (Å²) in [6, 6.07) is 8.85. The number of rotatable bonds is 4. The molecule has 2 rings (SSSR count). The third-order valence-corrected chi connectivity index (χ3v) is 5.17. The van der Waals surface area contributed by atoms with Crippen LogP contribution in [0.25, 0.3) is 0 Å². The lowest BCUT2D eigenvalue weighted by Gasteiger charge is -2.16. The van der Waals surface area contributed by atoms with Crippen molar-refractivity contribution in [2.24, 2.45) is 0 Å². The van der Waals surface area contributed by atoms with Crippen LogP contribution >= 0.6 is 0 Å². The Labute approximate surface area is 119 Å². The first-order chi connectivity index (χ1) is 9.48. The largest absolute Gasteiger partial charge is 0.243 e. The standard InChI is InChI=1S/C15H16N2O2S/c1-3-13-10-17(11-14(13)8-9-16)20(18,19)15-6-4-12(2)5-7-15/h3-7H,1,8,10-11H2,2H3. The van der Waals surface area contributed by atoms with Gasteiger partial charge in [0.25, 0.3) is 0 Å². The van der Waals surface area contributed by atoms with E-state index in [0.29, 0.717) is 0 Å². The summed E-state index contributed by atoms with van der Waals surface area (Å²) in [4.78, 5) is 0.282. The van der Waals surface area contributed by atoms with Crippen molar-refractivity contribution in [2.75, 3.05) is 13.1 Å². The number of aryl methyl sites for hydroxylation is 1. The zero-order valence-electron chi connectivity index (χ0n) is 11.3. The van der Waals surface area contributed by atoms with Gasteiger partial charge in [0.1, 0.15) is 0 Å². The zero-order chi connectivity index (χ0) is 14.8. The van der Waals surface area contributed by atoms with Crippen molar-refractivity contribution >= 4 is 10.0 Å². The Balaban J connectivity index is 2.28. The number of nitrogens with zero attached hydrogens (tertiary/aromatic N) is 2. The van der Waals surface area contributed by atoms with Crippen LogP contribution in [-0.2, 0) is 10.0 Å². The summed E-state index contributed by atoms with van der Waals surface area (Å²) in [5, 5.41) is 8.79. The van der Waals surface area contributed by atoms with Crippen LogP contribution in [-0.4, -0.2) is 25.8 Å². The highest BCUT2D eigenvalue weighted by Gasteiger charge is 2.30. The predicted octanol–water partition coefficient (Wildman–Crippen LogP) is 2.40. The average molecular weight is 288 g/mol.